The highest BCUT2D eigenvalue weighted by atomic mass is 35.5. The molecule has 8 nitrogen and oxygen atoms in total. The lowest BCUT2D eigenvalue weighted by Crippen LogP contribution is -2.62. The summed E-state index contributed by atoms with van der Waals surface area (Å²) in [5, 5.41) is 10.8. The van der Waals surface area contributed by atoms with Gasteiger partial charge in [-0.05, 0) is 55.9 Å². The number of pyridine rings is 1. The van der Waals surface area contributed by atoms with E-state index in [4.69, 9.17) is 16.3 Å². The molecular weight excluding hydrogens is 556 g/mol. The number of carbonyl (C=O) groups excluding carboxylic acids is 2. The maximum Gasteiger partial charge on any atom is 0.426 e. The van der Waals surface area contributed by atoms with E-state index >= 15 is 4.39 Å². The van der Waals surface area contributed by atoms with Gasteiger partial charge in [0.25, 0.3) is 11.8 Å². The lowest BCUT2D eigenvalue weighted by Gasteiger charge is -2.38. The standard InChI is InChI=1S/C27H35ClF4N4O4/c1-34(2)24(37)21-8-9-22(33-23(21)28)36-12-10-17(11-13-36)14-19(29)16-35(3)25(38)26(39,27(30,31)32)18-6-5-7-20(15-18)40-4/h5,7-9,15,17-19,39H,6,10-14,16H2,1-4H3/t18?,19?,26-/m1/s1. The quantitative estimate of drug-likeness (QED) is 0.342. The van der Waals surface area contributed by atoms with Gasteiger partial charge in [0.05, 0.1) is 19.2 Å². The average Bonchev–Trinajstić information content (AvgIpc) is 2.91. The maximum atomic E-state index is 15.0. The highest BCUT2D eigenvalue weighted by molar-refractivity contribution is 6.32. The molecule has 0 bridgehead atoms. The number of piperidine rings is 1. The van der Waals surface area contributed by atoms with E-state index in [9.17, 15) is 27.9 Å². The summed E-state index contributed by atoms with van der Waals surface area (Å²) in [6.07, 6.45) is -1.93. The smallest absolute Gasteiger partial charge is 0.426 e. The molecule has 40 heavy (non-hydrogen) atoms. The third kappa shape index (κ3) is 6.88. The van der Waals surface area contributed by atoms with Crippen molar-refractivity contribution in [3.8, 4) is 0 Å². The van der Waals surface area contributed by atoms with Crippen molar-refractivity contribution in [3.63, 3.8) is 0 Å². The molecule has 3 rings (SSSR count). The Labute approximate surface area is 236 Å². The molecule has 1 aliphatic heterocycles. The zero-order valence-corrected chi connectivity index (χ0v) is 23.7. The van der Waals surface area contributed by atoms with E-state index < -0.39 is 36.3 Å². The zero-order chi connectivity index (χ0) is 29.8. The number of aliphatic hydroxyl groups is 1. The Morgan fingerprint density at radius 3 is 2.42 bits per heavy atom. The van der Waals surface area contributed by atoms with Crippen LogP contribution in [0.15, 0.2) is 36.1 Å². The average molecular weight is 591 g/mol. The number of ether oxygens (including phenoxy) is 1. The van der Waals surface area contributed by atoms with Crippen LogP contribution in [0.2, 0.25) is 5.15 Å². The van der Waals surface area contributed by atoms with Crippen molar-refractivity contribution in [2.75, 3.05) is 52.8 Å². The number of carbonyl (C=O) groups is 2. The van der Waals surface area contributed by atoms with Crippen molar-refractivity contribution in [3.05, 3.63) is 46.8 Å². The van der Waals surface area contributed by atoms with Crippen LogP contribution in [0.1, 0.15) is 36.0 Å². The van der Waals surface area contributed by atoms with Crippen molar-refractivity contribution in [2.45, 2.75) is 43.6 Å². The predicted molar refractivity (Wildman–Crippen MR) is 143 cm³/mol. The van der Waals surface area contributed by atoms with Crippen LogP contribution in [-0.2, 0) is 9.53 Å². The second-order valence-electron chi connectivity index (χ2n) is 10.4. The largest absolute Gasteiger partial charge is 0.497 e. The SMILES string of the molecule is COC1=CC([C@@](O)(C(=O)N(C)CC(F)CC2CCN(c3ccc(C(=O)N(C)C)c(Cl)n3)CC2)C(F)(F)F)CC=C1. The summed E-state index contributed by atoms with van der Waals surface area (Å²) in [5.74, 6) is -2.85. The normalized spacial score (nSPS) is 20.4. The summed E-state index contributed by atoms with van der Waals surface area (Å²) in [4.78, 5) is 33.4. The van der Waals surface area contributed by atoms with Crippen LogP contribution in [0.4, 0.5) is 23.4 Å². The van der Waals surface area contributed by atoms with Gasteiger partial charge in [-0.1, -0.05) is 17.7 Å². The number of halogens is 5. The van der Waals surface area contributed by atoms with Gasteiger partial charge < -0.3 is 24.5 Å². The first-order chi connectivity index (χ1) is 18.7. The third-order valence-electron chi connectivity index (χ3n) is 7.39. The highest BCUT2D eigenvalue weighted by Crippen LogP contribution is 2.42. The van der Waals surface area contributed by atoms with Crippen LogP contribution in [0.3, 0.4) is 0 Å². The fourth-order valence-electron chi connectivity index (χ4n) is 5.08. The number of amides is 2. The summed E-state index contributed by atoms with van der Waals surface area (Å²) < 4.78 is 62.0. The third-order valence-corrected chi connectivity index (χ3v) is 7.67. The Morgan fingerprint density at radius 1 is 1.23 bits per heavy atom. The van der Waals surface area contributed by atoms with Gasteiger partial charge in [0.15, 0.2) is 0 Å². The number of hydrogen-bond donors (Lipinski definition) is 1. The van der Waals surface area contributed by atoms with Crippen LogP contribution in [-0.4, -0.2) is 97.5 Å². The van der Waals surface area contributed by atoms with E-state index in [1.54, 1.807) is 26.2 Å². The molecule has 2 amide bonds. The van der Waals surface area contributed by atoms with Crippen LogP contribution in [0.5, 0.6) is 0 Å². The molecule has 13 heteroatoms. The Bertz CT molecular complexity index is 1140. The van der Waals surface area contributed by atoms with Crippen molar-refractivity contribution in [2.24, 2.45) is 11.8 Å². The van der Waals surface area contributed by atoms with E-state index in [1.165, 1.54) is 24.2 Å². The minimum atomic E-state index is -5.28. The Balaban J connectivity index is 1.58. The van der Waals surface area contributed by atoms with Crippen molar-refractivity contribution < 1.29 is 37.0 Å². The van der Waals surface area contributed by atoms with Crippen molar-refractivity contribution in [1.29, 1.82) is 0 Å². The zero-order valence-electron chi connectivity index (χ0n) is 22.9. The first-order valence-corrected chi connectivity index (χ1v) is 13.3. The Morgan fingerprint density at radius 2 is 1.88 bits per heavy atom. The van der Waals surface area contributed by atoms with Crippen LogP contribution in [0.25, 0.3) is 0 Å². The van der Waals surface area contributed by atoms with Gasteiger partial charge in [0.1, 0.15) is 22.9 Å². The summed E-state index contributed by atoms with van der Waals surface area (Å²) >= 11 is 6.22. The molecule has 2 heterocycles. The molecule has 2 aliphatic rings. The molecule has 1 N–H and O–H groups in total. The van der Waals surface area contributed by atoms with Gasteiger partial charge in [-0.15, -0.1) is 0 Å². The number of likely N-dealkylation sites (N-methyl/N-ethyl adjacent to an activating group) is 1. The molecule has 1 aliphatic carbocycles. The fourth-order valence-corrected chi connectivity index (χ4v) is 5.31. The minimum Gasteiger partial charge on any atom is -0.497 e. The molecule has 0 radical (unpaired) electrons. The summed E-state index contributed by atoms with van der Waals surface area (Å²) in [5.41, 5.74) is -3.43. The Hall–Kier alpha value is -2.86. The van der Waals surface area contributed by atoms with Gasteiger partial charge in [-0.3, -0.25) is 9.59 Å². The lowest BCUT2D eigenvalue weighted by molar-refractivity contribution is -0.267. The number of anilines is 1. The first kappa shape index (κ1) is 31.7. The van der Waals surface area contributed by atoms with Gasteiger partial charge in [-0.25, -0.2) is 9.37 Å². The summed E-state index contributed by atoms with van der Waals surface area (Å²) in [6, 6.07) is 3.32. The van der Waals surface area contributed by atoms with E-state index in [1.807, 2.05) is 4.90 Å². The van der Waals surface area contributed by atoms with Crippen LogP contribution < -0.4 is 4.90 Å². The monoisotopic (exact) mass is 590 g/mol. The predicted octanol–water partition coefficient (Wildman–Crippen LogP) is 4.24. The molecule has 1 aromatic heterocycles. The summed E-state index contributed by atoms with van der Waals surface area (Å²) in [6.45, 7) is 0.515. The molecule has 3 atom stereocenters. The van der Waals surface area contributed by atoms with Gasteiger partial charge in [-0.2, -0.15) is 13.2 Å². The number of nitrogens with zero attached hydrogens (tertiary/aromatic N) is 4. The van der Waals surface area contributed by atoms with Gasteiger partial charge >= 0.3 is 6.18 Å². The lowest BCUT2D eigenvalue weighted by atomic mass is 9.80. The second kappa shape index (κ2) is 12.8. The fraction of sp³-hybridized carbons (Fsp3) is 0.593. The number of hydrogen-bond acceptors (Lipinski definition) is 6. The van der Waals surface area contributed by atoms with Crippen molar-refractivity contribution in [1.82, 2.24) is 14.8 Å². The summed E-state index contributed by atoms with van der Waals surface area (Å²) in [7, 11) is 5.56. The van der Waals surface area contributed by atoms with E-state index in [-0.39, 0.29) is 41.1 Å². The van der Waals surface area contributed by atoms with E-state index in [0.717, 1.165) is 13.1 Å². The van der Waals surface area contributed by atoms with Crippen LogP contribution >= 0.6 is 11.6 Å². The maximum absolute atomic E-state index is 15.0. The molecule has 2 unspecified atom stereocenters. The first-order valence-electron chi connectivity index (χ1n) is 12.9. The topological polar surface area (TPSA) is 86.2 Å². The molecule has 1 saturated heterocycles. The van der Waals surface area contributed by atoms with Crippen LogP contribution in [0, 0.1) is 11.8 Å². The van der Waals surface area contributed by atoms with Crippen molar-refractivity contribution >= 4 is 29.2 Å². The molecular formula is C27H35ClF4N4O4. The van der Waals surface area contributed by atoms with Gasteiger partial charge in [0.2, 0.25) is 5.60 Å². The molecule has 222 valence electrons. The van der Waals surface area contributed by atoms with E-state index in [0.29, 0.717) is 36.6 Å². The minimum absolute atomic E-state index is 0.0558. The number of alkyl halides is 4. The molecule has 1 aromatic rings. The Kier molecular flexibility index (Phi) is 10.1. The number of allylic oxidation sites excluding steroid dienone is 2. The molecule has 0 spiro atoms. The second-order valence-corrected chi connectivity index (χ2v) is 10.8. The highest BCUT2D eigenvalue weighted by Gasteiger charge is 2.64. The molecule has 1 fully saturated rings. The molecule has 0 saturated carbocycles. The molecule has 0 aromatic carbocycles. The van der Waals surface area contributed by atoms with Gasteiger partial charge in [0, 0.05) is 40.2 Å². The number of aromatic nitrogens is 1. The number of methoxy groups -OCH3 is 1. The number of rotatable bonds is 9. The van der Waals surface area contributed by atoms with E-state index in [2.05, 4.69) is 4.98 Å².